The molecule has 0 aromatic carbocycles. The minimum Gasteiger partial charge on any atom is -0.384 e. The molecule has 6 nitrogen and oxygen atoms in total. The average molecular weight is 279 g/mol. The lowest BCUT2D eigenvalue weighted by molar-refractivity contribution is -0.125. The van der Waals surface area contributed by atoms with E-state index in [-0.39, 0.29) is 23.7 Å². The summed E-state index contributed by atoms with van der Waals surface area (Å²) in [5.74, 6) is -0.229. The predicted octanol–water partition coefficient (Wildman–Crippen LogP) is 0.106. The summed E-state index contributed by atoms with van der Waals surface area (Å²) >= 11 is 0. The highest BCUT2D eigenvalue weighted by Gasteiger charge is 2.39. The molecule has 0 aliphatic carbocycles. The zero-order valence-electron chi connectivity index (χ0n) is 12.1. The van der Waals surface area contributed by atoms with Crippen LogP contribution in [0.3, 0.4) is 0 Å². The van der Waals surface area contributed by atoms with Crippen LogP contribution < -0.4 is 5.32 Å². The number of nitrogens with one attached hydrogen (secondary N) is 1. The smallest absolute Gasteiger partial charge is 0.270 e. The van der Waals surface area contributed by atoms with Gasteiger partial charge in [0.15, 0.2) is 0 Å². The van der Waals surface area contributed by atoms with Crippen molar-refractivity contribution in [2.75, 3.05) is 33.9 Å². The molecule has 1 saturated heterocycles. The van der Waals surface area contributed by atoms with Crippen LogP contribution >= 0.6 is 0 Å². The Balaban J connectivity index is 2.13. The van der Waals surface area contributed by atoms with Crippen LogP contribution in [-0.2, 0) is 16.6 Å². The molecule has 2 heterocycles. The topological polar surface area (TPSA) is 63.6 Å². The van der Waals surface area contributed by atoms with Crippen LogP contribution in [0, 0.1) is 11.8 Å². The van der Waals surface area contributed by atoms with E-state index in [1.807, 2.05) is 19.3 Å². The third kappa shape index (κ3) is 2.70. The standard InChI is InChI=1S/C14H21N3O3/c1-15-13(18)11-8-17(7-10(11)9-20-3)14(19)12-5-4-6-16(12)2/h4-6,10-11H,7-9H2,1-3H3,(H,15,18). The molecule has 2 rings (SSSR count). The number of aryl methyl sites for hydroxylation is 1. The maximum atomic E-state index is 12.5. The van der Waals surface area contributed by atoms with Gasteiger partial charge in [-0.3, -0.25) is 9.59 Å². The fourth-order valence-corrected chi connectivity index (χ4v) is 2.75. The maximum Gasteiger partial charge on any atom is 0.270 e. The highest BCUT2D eigenvalue weighted by atomic mass is 16.5. The van der Waals surface area contributed by atoms with E-state index in [9.17, 15) is 9.59 Å². The Hall–Kier alpha value is -1.82. The molecule has 0 bridgehead atoms. The molecule has 0 saturated carbocycles. The van der Waals surface area contributed by atoms with Gasteiger partial charge in [0.05, 0.1) is 12.5 Å². The number of ether oxygens (including phenoxy) is 1. The molecule has 2 atom stereocenters. The second-order valence-electron chi connectivity index (χ2n) is 5.15. The molecular weight excluding hydrogens is 258 g/mol. The summed E-state index contributed by atoms with van der Waals surface area (Å²) in [6.45, 7) is 1.47. The molecule has 1 aliphatic rings. The number of aromatic nitrogens is 1. The summed E-state index contributed by atoms with van der Waals surface area (Å²) in [6.07, 6.45) is 1.84. The first-order valence-corrected chi connectivity index (χ1v) is 6.69. The summed E-state index contributed by atoms with van der Waals surface area (Å²) in [7, 11) is 5.07. The van der Waals surface area contributed by atoms with Gasteiger partial charge in [0.1, 0.15) is 5.69 Å². The van der Waals surface area contributed by atoms with Gasteiger partial charge in [-0.1, -0.05) is 0 Å². The summed E-state index contributed by atoms with van der Waals surface area (Å²) in [5, 5.41) is 2.66. The van der Waals surface area contributed by atoms with Crippen LogP contribution in [0.2, 0.25) is 0 Å². The first-order valence-electron chi connectivity index (χ1n) is 6.69. The predicted molar refractivity (Wildman–Crippen MR) is 74.2 cm³/mol. The Kier molecular flexibility index (Phi) is 4.44. The number of hydrogen-bond acceptors (Lipinski definition) is 3. The van der Waals surface area contributed by atoms with Crippen molar-refractivity contribution in [1.82, 2.24) is 14.8 Å². The summed E-state index contributed by atoms with van der Waals surface area (Å²) in [6, 6.07) is 3.63. The number of amides is 2. The van der Waals surface area contributed by atoms with Crippen LogP contribution in [0.1, 0.15) is 10.5 Å². The molecule has 1 aliphatic heterocycles. The van der Waals surface area contributed by atoms with Crippen LogP contribution in [0.5, 0.6) is 0 Å². The van der Waals surface area contributed by atoms with Crippen molar-refractivity contribution >= 4 is 11.8 Å². The van der Waals surface area contributed by atoms with Crippen LogP contribution in [0.15, 0.2) is 18.3 Å². The molecule has 1 N–H and O–H groups in total. The van der Waals surface area contributed by atoms with Crippen molar-refractivity contribution in [2.24, 2.45) is 18.9 Å². The van der Waals surface area contributed by atoms with Crippen molar-refractivity contribution in [2.45, 2.75) is 0 Å². The minimum atomic E-state index is -0.204. The number of nitrogens with zero attached hydrogens (tertiary/aromatic N) is 2. The molecule has 110 valence electrons. The van der Waals surface area contributed by atoms with E-state index in [4.69, 9.17) is 4.74 Å². The van der Waals surface area contributed by atoms with Gasteiger partial charge in [-0.05, 0) is 12.1 Å². The fraction of sp³-hybridized carbons (Fsp3) is 0.571. The SMILES string of the molecule is CNC(=O)C1CN(C(=O)c2cccn2C)CC1COC. The second kappa shape index (κ2) is 6.09. The van der Waals surface area contributed by atoms with Crippen LogP contribution in [0.25, 0.3) is 0 Å². The van der Waals surface area contributed by atoms with Gasteiger partial charge in [-0.15, -0.1) is 0 Å². The van der Waals surface area contributed by atoms with Crippen molar-refractivity contribution < 1.29 is 14.3 Å². The van der Waals surface area contributed by atoms with Gasteiger partial charge in [-0.2, -0.15) is 0 Å². The molecule has 6 heteroatoms. The quantitative estimate of drug-likeness (QED) is 0.850. The monoisotopic (exact) mass is 279 g/mol. The van der Waals surface area contributed by atoms with E-state index in [0.29, 0.717) is 25.4 Å². The molecule has 2 unspecified atom stereocenters. The van der Waals surface area contributed by atoms with E-state index in [0.717, 1.165) is 0 Å². The van der Waals surface area contributed by atoms with Gasteiger partial charge < -0.3 is 19.5 Å². The van der Waals surface area contributed by atoms with Gasteiger partial charge in [0, 0.05) is 46.4 Å². The highest BCUT2D eigenvalue weighted by Crippen LogP contribution is 2.25. The lowest BCUT2D eigenvalue weighted by Crippen LogP contribution is -2.34. The highest BCUT2D eigenvalue weighted by molar-refractivity contribution is 5.93. The van der Waals surface area contributed by atoms with Gasteiger partial charge >= 0.3 is 0 Å². The summed E-state index contributed by atoms with van der Waals surface area (Å²) in [4.78, 5) is 26.1. The molecule has 1 fully saturated rings. The van der Waals surface area contributed by atoms with Crippen molar-refractivity contribution in [3.8, 4) is 0 Å². The van der Waals surface area contributed by atoms with E-state index in [2.05, 4.69) is 5.32 Å². The van der Waals surface area contributed by atoms with Crippen LogP contribution in [0.4, 0.5) is 0 Å². The molecule has 1 aromatic heterocycles. The zero-order chi connectivity index (χ0) is 14.7. The van der Waals surface area contributed by atoms with Crippen LogP contribution in [-0.4, -0.2) is 55.1 Å². The molecule has 0 spiro atoms. The fourth-order valence-electron chi connectivity index (χ4n) is 2.75. The van der Waals surface area contributed by atoms with E-state index in [1.54, 1.807) is 29.7 Å². The molecule has 0 radical (unpaired) electrons. The summed E-state index contributed by atoms with van der Waals surface area (Å²) in [5.41, 5.74) is 0.638. The number of carbonyl (C=O) groups excluding carboxylic acids is 2. The van der Waals surface area contributed by atoms with E-state index < -0.39 is 0 Å². The zero-order valence-corrected chi connectivity index (χ0v) is 12.1. The Labute approximate surface area is 118 Å². The number of hydrogen-bond donors (Lipinski definition) is 1. The largest absolute Gasteiger partial charge is 0.384 e. The number of carbonyl (C=O) groups is 2. The molecular formula is C14H21N3O3. The third-order valence-corrected chi connectivity index (χ3v) is 3.86. The summed E-state index contributed by atoms with van der Waals surface area (Å²) < 4.78 is 6.96. The molecule has 1 aromatic rings. The van der Waals surface area contributed by atoms with Gasteiger partial charge in [-0.25, -0.2) is 0 Å². The second-order valence-corrected chi connectivity index (χ2v) is 5.15. The number of likely N-dealkylation sites (tertiary alicyclic amines) is 1. The Morgan fingerprint density at radius 3 is 2.75 bits per heavy atom. The van der Waals surface area contributed by atoms with E-state index in [1.165, 1.54) is 0 Å². The Morgan fingerprint density at radius 1 is 1.45 bits per heavy atom. The number of rotatable bonds is 4. The van der Waals surface area contributed by atoms with Crippen molar-refractivity contribution in [3.63, 3.8) is 0 Å². The first-order chi connectivity index (χ1) is 9.58. The first kappa shape index (κ1) is 14.6. The number of methoxy groups -OCH3 is 1. The average Bonchev–Trinajstić information content (AvgIpc) is 3.04. The lowest BCUT2D eigenvalue weighted by Gasteiger charge is -2.16. The molecule has 20 heavy (non-hydrogen) atoms. The van der Waals surface area contributed by atoms with Crippen molar-refractivity contribution in [3.05, 3.63) is 24.0 Å². The lowest BCUT2D eigenvalue weighted by atomic mass is 9.96. The minimum absolute atomic E-state index is 0.0331. The normalized spacial score (nSPS) is 22.1. The Morgan fingerprint density at radius 2 is 2.20 bits per heavy atom. The van der Waals surface area contributed by atoms with Gasteiger partial charge in [0.2, 0.25) is 5.91 Å². The molecule has 2 amide bonds. The van der Waals surface area contributed by atoms with Gasteiger partial charge in [0.25, 0.3) is 5.91 Å². The van der Waals surface area contributed by atoms with E-state index >= 15 is 0 Å². The van der Waals surface area contributed by atoms with Crippen molar-refractivity contribution in [1.29, 1.82) is 0 Å². The maximum absolute atomic E-state index is 12.5. The third-order valence-electron chi connectivity index (χ3n) is 3.86. The Bertz CT molecular complexity index is 498.